The van der Waals surface area contributed by atoms with Gasteiger partial charge in [0.05, 0.1) is 24.3 Å². The fourth-order valence-corrected chi connectivity index (χ4v) is 4.97. The summed E-state index contributed by atoms with van der Waals surface area (Å²) in [5.74, 6) is -0.503. The number of rotatable bonds is 7. The first kappa shape index (κ1) is 24.5. The minimum atomic E-state index is -0.820. The fourth-order valence-electron chi connectivity index (χ4n) is 4.74. The number of halogens is 1. The largest absolute Gasteiger partial charge is 0.493 e. The molecule has 3 aromatic rings. The van der Waals surface area contributed by atoms with E-state index < -0.39 is 24.0 Å². The number of nitriles is 1. The Morgan fingerprint density at radius 3 is 2.84 bits per heavy atom. The van der Waals surface area contributed by atoms with E-state index in [1.807, 2.05) is 42.5 Å². The molecule has 2 heterocycles. The van der Waals surface area contributed by atoms with Crippen molar-refractivity contribution in [3.63, 3.8) is 0 Å². The fraction of sp³-hybridized carbons (Fsp3) is 0.241. The number of hydrogen-bond donors (Lipinski definition) is 1. The molecule has 3 aromatic carbocycles. The Bertz CT molecular complexity index is 1430. The molecule has 2 amide bonds. The number of aliphatic imine (C=N–C) groups is 1. The Morgan fingerprint density at radius 1 is 1.14 bits per heavy atom. The molecule has 0 aliphatic carbocycles. The van der Waals surface area contributed by atoms with Gasteiger partial charge in [-0.3, -0.25) is 4.79 Å². The van der Waals surface area contributed by atoms with Crippen LogP contribution in [-0.2, 0) is 29.0 Å². The molecule has 186 valence electrons. The number of carbonyl (C=O) groups excluding carboxylic acids is 2. The van der Waals surface area contributed by atoms with E-state index >= 15 is 0 Å². The minimum absolute atomic E-state index is 0.00133. The molecule has 7 nitrogen and oxygen atoms in total. The van der Waals surface area contributed by atoms with Gasteiger partial charge >= 0.3 is 12.0 Å². The molecule has 0 bridgehead atoms. The Kier molecular flexibility index (Phi) is 7.20. The van der Waals surface area contributed by atoms with Crippen molar-refractivity contribution in [3.8, 4) is 11.8 Å². The van der Waals surface area contributed by atoms with Crippen LogP contribution in [-0.4, -0.2) is 24.3 Å². The third-order valence-corrected chi connectivity index (χ3v) is 6.96. The first-order valence-electron chi connectivity index (χ1n) is 12.0. The van der Waals surface area contributed by atoms with Crippen LogP contribution in [0.5, 0.6) is 5.75 Å². The number of esters is 1. The summed E-state index contributed by atoms with van der Waals surface area (Å²) in [6.07, 6.45) is 1.65. The number of nitrogens with zero attached hydrogens (tertiary/aromatic N) is 2. The summed E-state index contributed by atoms with van der Waals surface area (Å²) in [5, 5.41) is 12.7. The van der Waals surface area contributed by atoms with Gasteiger partial charge in [0, 0.05) is 17.2 Å². The summed E-state index contributed by atoms with van der Waals surface area (Å²) in [5.41, 5.74) is 4.36. The maximum atomic E-state index is 13.6. The molecule has 1 N–H and O–H groups in total. The summed E-state index contributed by atoms with van der Waals surface area (Å²) in [6.45, 7) is 0.606. The van der Waals surface area contributed by atoms with Crippen molar-refractivity contribution in [2.75, 3.05) is 6.61 Å². The molecule has 2 unspecified atom stereocenters. The SMILES string of the molecule is N#Cc1cccc(COC(=O)C2C(CCc3ccccc3Cl)=NC(=O)NC2c2ccc3c(c2)CCO3)c1. The van der Waals surface area contributed by atoms with Gasteiger partial charge in [-0.15, -0.1) is 0 Å². The first-order valence-corrected chi connectivity index (χ1v) is 12.4. The quantitative estimate of drug-likeness (QED) is 0.429. The van der Waals surface area contributed by atoms with Crippen LogP contribution in [0.3, 0.4) is 0 Å². The van der Waals surface area contributed by atoms with Crippen molar-refractivity contribution in [1.29, 1.82) is 5.26 Å². The number of urea groups is 1. The average Bonchev–Trinajstić information content (AvgIpc) is 3.39. The topological polar surface area (TPSA) is 101 Å². The van der Waals surface area contributed by atoms with Gasteiger partial charge in [0.1, 0.15) is 18.3 Å². The smallest absolute Gasteiger partial charge is 0.341 e. The zero-order valence-corrected chi connectivity index (χ0v) is 20.7. The van der Waals surface area contributed by atoms with Crippen molar-refractivity contribution in [3.05, 3.63) is 99.6 Å². The van der Waals surface area contributed by atoms with Gasteiger partial charge in [-0.25, -0.2) is 9.79 Å². The van der Waals surface area contributed by atoms with Crippen molar-refractivity contribution in [2.45, 2.75) is 31.9 Å². The van der Waals surface area contributed by atoms with Crippen LogP contribution in [0.15, 0.2) is 71.7 Å². The molecule has 0 fully saturated rings. The maximum absolute atomic E-state index is 13.6. The standard InChI is InChI=1S/C29H24ClN3O4/c30-23-7-2-1-6-20(23)8-10-24-26(28(34)37-17-19-5-3-4-18(14-19)16-31)27(33-29(35)32-24)22-9-11-25-21(15-22)12-13-36-25/h1-7,9,11,14-15,26-27H,8,10,12-13,17H2,(H,33,35). The second-order valence-corrected chi connectivity index (χ2v) is 9.39. The molecule has 0 spiro atoms. The van der Waals surface area contributed by atoms with Gasteiger partial charge in [-0.05, 0) is 65.4 Å². The van der Waals surface area contributed by atoms with Gasteiger partial charge in [0.15, 0.2) is 0 Å². The van der Waals surface area contributed by atoms with E-state index in [0.717, 1.165) is 28.9 Å². The molecule has 5 rings (SSSR count). The third kappa shape index (κ3) is 5.50. The van der Waals surface area contributed by atoms with E-state index in [4.69, 9.17) is 21.1 Å². The van der Waals surface area contributed by atoms with Crippen LogP contribution in [0.2, 0.25) is 5.02 Å². The van der Waals surface area contributed by atoms with Gasteiger partial charge in [0.2, 0.25) is 0 Å². The average molecular weight is 514 g/mol. The lowest BCUT2D eigenvalue weighted by atomic mass is 9.84. The van der Waals surface area contributed by atoms with Crippen LogP contribution < -0.4 is 10.1 Å². The third-order valence-electron chi connectivity index (χ3n) is 6.59. The van der Waals surface area contributed by atoms with Gasteiger partial charge in [-0.2, -0.15) is 5.26 Å². The summed E-state index contributed by atoms with van der Waals surface area (Å²) in [4.78, 5) is 30.4. The molecule has 37 heavy (non-hydrogen) atoms. The zero-order chi connectivity index (χ0) is 25.8. The van der Waals surface area contributed by atoms with Crippen LogP contribution in [0.4, 0.5) is 4.79 Å². The predicted octanol–water partition coefficient (Wildman–Crippen LogP) is 5.34. The number of nitrogens with one attached hydrogen (secondary N) is 1. The molecule has 2 aliphatic heterocycles. The van der Waals surface area contributed by atoms with E-state index in [9.17, 15) is 14.9 Å². The molecule has 0 saturated carbocycles. The lowest BCUT2D eigenvalue weighted by molar-refractivity contribution is -0.148. The van der Waals surface area contributed by atoms with Crippen molar-refractivity contribution in [2.24, 2.45) is 10.9 Å². The van der Waals surface area contributed by atoms with Gasteiger partial charge in [0.25, 0.3) is 0 Å². The van der Waals surface area contributed by atoms with Crippen molar-refractivity contribution in [1.82, 2.24) is 5.32 Å². The Balaban J connectivity index is 1.43. The minimum Gasteiger partial charge on any atom is -0.493 e. The van der Waals surface area contributed by atoms with Crippen LogP contribution in [0.25, 0.3) is 0 Å². The van der Waals surface area contributed by atoms with E-state index in [2.05, 4.69) is 16.4 Å². The van der Waals surface area contributed by atoms with Crippen LogP contribution >= 0.6 is 11.6 Å². The van der Waals surface area contributed by atoms with E-state index in [1.165, 1.54) is 0 Å². The first-order chi connectivity index (χ1) is 18.0. The lowest BCUT2D eigenvalue weighted by Gasteiger charge is -2.31. The van der Waals surface area contributed by atoms with Crippen molar-refractivity contribution < 1.29 is 19.1 Å². The molecule has 8 heteroatoms. The second-order valence-electron chi connectivity index (χ2n) is 8.98. The Labute approximate surface area is 219 Å². The highest BCUT2D eigenvalue weighted by atomic mass is 35.5. The number of benzene rings is 3. The summed E-state index contributed by atoms with van der Waals surface area (Å²) in [7, 11) is 0. The molecule has 2 atom stereocenters. The summed E-state index contributed by atoms with van der Waals surface area (Å²) in [6, 6.07) is 21.0. The number of hydrogen-bond acceptors (Lipinski definition) is 5. The highest BCUT2D eigenvalue weighted by molar-refractivity contribution is 6.31. The monoisotopic (exact) mass is 513 g/mol. The van der Waals surface area contributed by atoms with E-state index in [1.54, 1.807) is 24.3 Å². The lowest BCUT2D eigenvalue weighted by Crippen LogP contribution is -2.45. The normalized spacial score (nSPS) is 18.2. The molecule has 2 aliphatic rings. The van der Waals surface area contributed by atoms with Crippen LogP contribution in [0, 0.1) is 17.2 Å². The molecular formula is C29H24ClN3O4. The molecule has 0 radical (unpaired) electrons. The predicted molar refractivity (Wildman–Crippen MR) is 139 cm³/mol. The summed E-state index contributed by atoms with van der Waals surface area (Å²) >= 11 is 6.34. The zero-order valence-electron chi connectivity index (χ0n) is 19.9. The van der Waals surface area contributed by atoms with E-state index in [0.29, 0.717) is 41.3 Å². The summed E-state index contributed by atoms with van der Waals surface area (Å²) < 4.78 is 11.3. The van der Waals surface area contributed by atoms with E-state index in [-0.39, 0.29) is 6.61 Å². The van der Waals surface area contributed by atoms with Gasteiger partial charge in [-0.1, -0.05) is 48.0 Å². The van der Waals surface area contributed by atoms with Gasteiger partial charge < -0.3 is 14.8 Å². The second kappa shape index (κ2) is 10.9. The maximum Gasteiger partial charge on any atom is 0.341 e. The molecule has 0 saturated heterocycles. The highest BCUT2D eigenvalue weighted by Gasteiger charge is 2.40. The number of amides is 2. The molecule has 0 aromatic heterocycles. The Morgan fingerprint density at radius 2 is 2.00 bits per heavy atom. The number of fused-ring (bicyclic) bond motifs is 1. The highest BCUT2D eigenvalue weighted by Crippen LogP contribution is 2.34. The number of aryl methyl sites for hydroxylation is 1. The number of carbonyl (C=O) groups is 2. The Hall–Kier alpha value is -4.15. The molecular weight excluding hydrogens is 490 g/mol. The van der Waals surface area contributed by atoms with Crippen molar-refractivity contribution >= 4 is 29.3 Å². The van der Waals surface area contributed by atoms with Crippen LogP contribution in [0.1, 0.15) is 40.3 Å². The number of ether oxygens (including phenoxy) is 2.